The average molecular weight is 339 g/mol. The highest BCUT2D eigenvalue weighted by molar-refractivity contribution is 5.95. The van der Waals surface area contributed by atoms with Crippen LogP contribution in [0.3, 0.4) is 0 Å². The topological polar surface area (TPSA) is 86.6 Å². The van der Waals surface area contributed by atoms with Gasteiger partial charge in [0.05, 0.1) is 11.4 Å². The number of nitrogens with one attached hydrogen (secondary N) is 2. The fraction of sp³-hybridized carbons (Fsp3) is 0. The summed E-state index contributed by atoms with van der Waals surface area (Å²) in [5, 5.41) is 15.5. The summed E-state index contributed by atoms with van der Waals surface area (Å²) < 4.78 is 0. The van der Waals surface area contributed by atoms with Crippen molar-refractivity contribution in [2.75, 3.05) is 5.43 Å². The molecule has 0 amide bonds. The van der Waals surface area contributed by atoms with Gasteiger partial charge in [0.2, 0.25) is 0 Å². The summed E-state index contributed by atoms with van der Waals surface area (Å²) in [6.07, 6.45) is 0. The second kappa shape index (κ2) is 8.27. The van der Waals surface area contributed by atoms with E-state index < -0.39 is 0 Å². The molecule has 0 aliphatic rings. The molecule has 26 heavy (non-hydrogen) atoms. The zero-order valence-electron chi connectivity index (χ0n) is 14.0. The van der Waals surface area contributed by atoms with E-state index in [1.54, 1.807) is 24.3 Å². The molecule has 0 spiro atoms. The van der Waals surface area contributed by atoms with E-state index in [1.165, 1.54) is 0 Å². The lowest BCUT2D eigenvalue weighted by Crippen LogP contribution is -2.10. The number of benzene rings is 3. The van der Waals surface area contributed by atoms with Crippen LogP contribution < -0.4 is 11.2 Å². The molecule has 3 rings (SSSR count). The Morgan fingerprint density at radius 1 is 0.846 bits per heavy atom. The molecule has 0 heterocycles. The molecule has 3 aromatic carbocycles. The average Bonchev–Trinajstić information content (AvgIpc) is 2.68. The predicted molar refractivity (Wildman–Crippen MR) is 104 cm³/mol. The molecule has 0 fully saturated rings. The van der Waals surface area contributed by atoms with E-state index in [2.05, 4.69) is 27.6 Å². The minimum Gasteiger partial charge on any atom is -0.384 e. The maximum atomic E-state index is 7.38. The third-order valence-corrected chi connectivity index (χ3v) is 3.56. The first kappa shape index (κ1) is 16.9. The zero-order chi connectivity index (χ0) is 18.2. The Bertz CT molecular complexity index is 980. The summed E-state index contributed by atoms with van der Waals surface area (Å²) in [7, 11) is 0. The number of nitrogens with zero attached hydrogens (tertiary/aromatic N) is 2. The minimum absolute atomic E-state index is 0.0255. The highest BCUT2D eigenvalue weighted by atomic mass is 15.4. The Hall–Kier alpha value is -3.91. The van der Waals surface area contributed by atoms with Crippen LogP contribution >= 0.6 is 0 Å². The Kier molecular flexibility index (Phi) is 5.38. The van der Waals surface area contributed by atoms with Crippen molar-refractivity contribution in [1.29, 1.82) is 5.41 Å². The second-order valence-corrected chi connectivity index (χ2v) is 5.43. The van der Waals surface area contributed by atoms with Gasteiger partial charge in [-0.25, -0.2) is 0 Å². The molecular weight excluding hydrogens is 322 g/mol. The van der Waals surface area contributed by atoms with Crippen LogP contribution in [0.1, 0.15) is 16.7 Å². The van der Waals surface area contributed by atoms with E-state index in [0.29, 0.717) is 11.3 Å². The molecule has 0 aliphatic heterocycles. The molecule has 5 heteroatoms. The molecule has 0 saturated carbocycles. The number of hydrogen-bond acceptors (Lipinski definition) is 3. The largest absolute Gasteiger partial charge is 0.384 e. The molecule has 0 unspecified atom stereocenters. The van der Waals surface area contributed by atoms with Crippen molar-refractivity contribution in [1.82, 2.24) is 0 Å². The van der Waals surface area contributed by atoms with Crippen molar-refractivity contribution in [3.05, 3.63) is 95.6 Å². The number of anilines is 1. The third-order valence-electron chi connectivity index (χ3n) is 3.56. The molecule has 0 atom stereocenters. The van der Waals surface area contributed by atoms with Gasteiger partial charge in [0.25, 0.3) is 0 Å². The summed E-state index contributed by atoms with van der Waals surface area (Å²) in [6.45, 7) is 0. The summed E-state index contributed by atoms with van der Waals surface area (Å²) in [6, 6.07) is 24.4. The molecule has 0 bridgehead atoms. The standard InChI is InChI=1S/C21H17N5/c22-21(23)18-12-14-19(15-13-18)24-26-25-20-9-5-4-8-17(20)11-10-16-6-2-1-3-7-16/h1-9,12-15H,(H3,22,23)(H,24,25). The number of amidine groups is 1. The Morgan fingerprint density at radius 3 is 2.27 bits per heavy atom. The smallest absolute Gasteiger partial charge is 0.122 e. The Balaban J connectivity index is 1.72. The molecule has 5 nitrogen and oxygen atoms in total. The predicted octanol–water partition coefficient (Wildman–Crippen LogP) is 4.48. The summed E-state index contributed by atoms with van der Waals surface area (Å²) >= 11 is 0. The Labute approximate surface area is 152 Å². The quantitative estimate of drug-likeness (QED) is 0.215. The van der Waals surface area contributed by atoms with E-state index in [-0.39, 0.29) is 5.84 Å². The summed E-state index contributed by atoms with van der Waals surface area (Å²) in [4.78, 5) is 0. The van der Waals surface area contributed by atoms with Crippen LogP contribution in [0.2, 0.25) is 0 Å². The molecule has 3 aromatic rings. The molecule has 0 aliphatic carbocycles. The Morgan fingerprint density at radius 2 is 1.54 bits per heavy atom. The van der Waals surface area contributed by atoms with E-state index in [1.807, 2.05) is 54.6 Å². The van der Waals surface area contributed by atoms with Crippen LogP contribution in [0.15, 0.2) is 89.2 Å². The number of hydrogen-bond donors (Lipinski definition) is 3. The van der Waals surface area contributed by atoms with Crippen molar-refractivity contribution < 1.29 is 0 Å². The molecule has 0 saturated heterocycles. The van der Waals surface area contributed by atoms with Gasteiger partial charge in [0.1, 0.15) is 5.84 Å². The van der Waals surface area contributed by atoms with Gasteiger partial charge in [-0.15, -0.1) is 5.11 Å². The fourth-order valence-corrected chi connectivity index (χ4v) is 2.19. The highest BCUT2D eigenvalue weighted by Crippen LogP contribution is 2.17. The molecule has 4 N–H and O–H groups in total. The van der Waals surface area contributed by atoms with E-state index in [0.717, 1.165) is 16.8 Å². The van der Waals surface area contributed by atoms with Crippen LogP contribution in [-0.4, -0.2) is 5.84 Å². The van der Waals surface area contributed by atoms with Crippen LogP contribution in [0.25, 0.3) is 0 Å². The number of nitrogen functional groups attached to an aromatic ring is 1. The first-order valence-corrected chi connectivity index (χ1v) is 8.00. The molecule has 0 aromatic heterocycles. The number of nitrogens with two attached hydrogens (primary N) is 1. The van der Waals surface area contributed by atoms with Crippen molar-refractivity contribution in [3.8, 4) is 11.8 Å². The van der Waals surface area contributed by atoms with Crippen LogP contribution in [0.5, 0.6) is 0 Å². The van der Waals surface area contributed by atoms with Crippen LogP contribution in [0.4, 0.5) is 11.4 Å². The van der Waals surface area contributed by atoms with Crippen molar-refractivity contribution in [3.63, 3.8) is 0 Å². The van der Waals surface area contributed by atoms with Crippen LogP contribution in [0, 0.1) is 17.3 Å². The van der Waals surface area contributed by atoms with E-state index in [9.17, 15) is 0 Å². The van der Waals surface area contributed by atoms with Gasteiger partial charge >= 0.3 is 0 Å². The van der Waals surface area contributed by atoms with Gasteiger partial charge < -0.3 is 5.73 Å². The minimum atomic E-state index is 0.0255. The number of rotatable bonds is 4. The van der Waals surface area contributed by atoms with Crippen molar-refractivity contribution in [2.45, 2.75) is 0 Å². The lowest BCUT2D eigenvalue weighted by atomic mass is 10.1. The zero-order valence-corrected chi connectivity index (χ0v) is 14.0. The van der Waals surface area contributed by atoms with Gasteiger partial charge in [-0.2, -0.15) is 0 Å². The normalized spacial score (nSPS) is 10.2. The lowest BCUT2D eigenvalue weighted by molar-refractivity contribution is 1.13. The summed E-state index contributed by atoms with van der Waals surface area (Å²) in [5.41, 5.74) is 12.2. The highest BCUT2D eigenvalue weighted by Gasteiger charge is 1.98. The first-order valence-electron chi connectivity index (χ1n) is 8.00. The monoisotopic (exact) mass is 339 g/mol. The van der Waals surface area contributed by atoms with Crippen molar-refractivity contribution >= 4 is 17.2 Å². The van der Waals surface area contributed by atoms with Crippen molar-refractivity contribution in [2.24, 2.45) is 16.1 Å². The van der Waals surface area contributed by atoms with E-state index in [4.69, 9.17) is 11.1 Å². The molecule has 126 valence electrons. The molecule has 0 radical (unpaired) electrons. The third kappa shape index (κ3) is 4.56. The van der Waals surface area contributed by atoms with Gasteiger partial charge in [-0.3, -0.25) is 10.8 Å². The summed E-state index contributed by atoms with van der Waals surface area (Å²) in [5.74, 6) is 6.30. The van der Waals surface area contributed by atoms with Gasteiger partial charge in [0, 0.05) is 16.7 Å². The van der Waals surface area contributed by atoms with Gasteiger partial charge in [0.15, 0.2) is 0 Å². The van der Waals surface area contributed by atoms with Gasteiger partial charge in [-0.1, -0.05) is 47.4 Å². The van der Waals surface area contributed by atoms with Gasteiger partial charge in [-0.05, 0) is 48.5 Å². The van der Waals surface area contributed by atoms with E-state index >= 15 is 0 Å². The first-order chi connectivity index (χ1) is 12.7. The fourth-order valence-electron chi connectivity index (χ4n) is 2.19. The lowest BCUT2D eigenvalue weighted by Gasteiger charge is -2.02. The molecular formula is C21H17N5. The maximum Gasteiger partial charge on any atom is 0.122 e. The SMILES string of the molecule is N=C(N)c1ccc(/N=N/Nc2ccccc2C#Cc2ccccc2)cc1. The van der Waals surface area contributed by atoms with Crippen LogP contribution in [-0.2, 0) is 0 Å². The maximum absolute atomic E-state index is 7.38. The number of para-hydroxylation sites is 1. The second-order valence-electron chi connectivity index (χ2n) is 5.43.